The van der Waals surface area contributed by atoms with Crippen LogP contribution in [0.5, 0.6) is 5.75 Å². The molecule has 0 saturated carbocycles. The molecular formula is C35H43N3O3. The zero-order valence-electron chi connectivity index (χ0n) is 24.7. The molecule has 0 aliphatic carbocycles. The number of hydrogen-bond donors (Lipinski definition) is 0. The summed E-state index contributed by atoms with van der Waals surface area (Å²) < 4.78 is 6.04. The molecule has 5 rings (SSSR count). The quantitative estimate of drug-likeness (QED) is 0.364. The summed E-state index contributed by atoms with van der Waals surface area (Å²) in [6, 6.07) is 27.1. The molecule has 1 saturated heterocycles. The number of carbonyl (C=O) groups is 2. The van der Waals surface area contributed by atoms with Crippen LogP contribution in [-0.4, -0.2) is 53.4 Å². The highest BCUT2D eigenvalue weighted by atomic mass is 16.5. The van der Waals surface area contributed by atoms with Crippen LogP contribution in [0.25, 0.3) is 0 Å². The highest BCUT2D eigenvalue weighted by molar-refractivity contribution is 5.95. The molecule has 3 aromatic rings. The van der Waals surface area contributed by atoms with E-state index in [1.54, 1.807) is 0 Å². The van der Waals surface area contributed by atoms with Crippen LogP contribution in [0.1, 0.15) is 56.2 Å². The third-order valence-electron chi connectivity index (χ3n) is 8.54. The van der Waals surface area contributed by atoms with Gasteiger partial charge < -0.3 is 14.5 Å². The molecule has 41 heavy (non-hydrogen) atoms. The first-order valence-corrected chi connectivity index (χ1v) is 15.1. The zero-order valence-corrected chi connectivity index (χ0v) is 24.7. The van der Waals surface area contributed by atoms with Crippen molar-refractivity contribution in [1.82, 2.24) is 9.80 Å². The molecule has 0 N–H and O–H groups in total. The predicted molar refractivity (Wildman–Crippen MR) is 164 cm³/mol. The predicted octanol–water partition coefficient (Wildman–Crippen LogP) is 6.22. The van der Waals surface area contributed by atoms with Gasteiger partial charge in [-0.25, -0.2) is 0 Å². The van der Waals surface area contributed by atoms with Gasteiger partial charge in [-0.05, 0) is 55.0 Å². The fraction of sp³-hybridized carbons (Fsp3) is 0.429. The summed E-state index contributed by atoms with van der Waals surface area (Å²) in [5.74, 6) is 0.703. The molecule has 2 aliphatic rings. The largest absolute Gasteiger partial charge is 0.484 e. The number of fused-ring (bicyclic) bond motifs is 3. The van der Waals surface area contributed by atoms with Gasteiger partial charge in [-0.1, -0.05) is 87.0 Å². The third-order valence-corrected chi connectivity index (χ3v) is 8.54. The summed E-state index contributed by atoms with van der Waals surface area (Å²) in [6.45, 7) is 8.48. The fourth-order valence-corrected chi connectivity index (χ4v) is 6.29. The molecule has 6 heteroatoms. The zero-order chi connectivity index (χ0) is 28.8. The van der Waals surface area contributed by atoms with E-state index in [1.165, 1.54) is 5.56 Å². The van der Waals surface area contributed by atoms with Crippen molar-refractivity contribution in [2.75, 3.05) is 24.6 Å². The van der Waals surface area contributed by atoms with Gasteiger partial charge in [-0.2, -0.15) is 0 Å². The van der Waals surface area contributed by atoms with Crippen LogP contribution in [0.3, 0.4) is 0 Å². The lowest BCUT2D eigenvalue weighted by molar-refractivity contribution is -0.135. The molecule has 2 aliphatic heterocycles. The van der Waals surface area contributed by atoms with Crippen LogP contribution < -0.4 is 9.64 Å². The number of carbonyl (C=O) groups excluding carboxylic acids is 2. The van der Waals surface area contributed by atoms with Gasteiger partial charge in [0.25, 0.3) is 5.91 Å². The van der Waals surface area contributed by atoms with E-state index in [0.29, 0.717) is 25.7 Å². The van der Waals surface area contributed by atoms with E-state index in [2.05, 4.69) is 41.3 Å². The standard InChI is InChI=1S/C35H43N3O3/c1-26(2)35(40)37-21-20-30-16-11-17-31(38(30)22-28-13-5-4-6-14-28)24-36(23-29-15-8-9-18-32(29)37)34(39)25-41-33-19-10-7-12-27(33)3/h4-10,12-15,18-19,26,30-31H,11,16-17,20-25H2,1-3H3. The highest BCUT2D eigenvalue weighted by Gasteiger charge is 2.35. The monoisotopic (exact) mass is 553 g/mol. The SMILES string of the molecule is Cc1ccccc1OCC(=O)N1Cc2ccccc2N(C(=O)C(C)C)CCC2CCCC(C1)N2Cc1ccccc1. The van der Waals surface area contributed by atoms with Crippen LogP contribution in [0, 0.1) is 12.8 Å². The minimum atomic E-state index is -0.118. The van der Waals surface area contributed by atoms with Gasteiger partial charge in [0.05, 0.1) is 0 Å². The van der Waals surface area contributed by atoms with E-state index < -0.39 is 0 Å². The van der Waals surface area contributed by atoms with Gasteiger partial charge in [0.2, 0.25) is 5.91 Å². The van der Waals surface area contributed by atoms with Gasteiger partial charge in [0, 0.05) is 49.9 Å². The van der Waals surface area contributed by atoms with Crippen LogP contribution >= 0.6 is 0 Å². The van der Waals surface area contributed by atoms with Crippen LogP contribution in [-0.2, 0) is 22.7 Å². The molecule has 0 spiro atoms. The first-order valence-electron chi connectivity index (χ1n) is 15.1. The molecule has 1 fully saturated rings. The molecule has 0 aromatic heterocycles. The molecule has 2 bridgehead atoms. The van der Waals surface area contributed by atoms with Crippen LogP contribution in [0.2, 0.25) is 0 Å². The number of aryl methyl sites for hydroxylation is 1. The number of ether oxygens (including phenoxy) is 1. The van der Waals surface area contributed by atoms with E-state index in [0.717, 1.165) is 54.8 Å². The lowest BCUT2D eigenvalue weighted by atomic mass is 9.92. The first kappa shape index (κ1) is 28.9. The van der Waals surface area contributed by atoms with E-state index in [4.69, 9.17) is 4.74 Å². The normalized spacial score (nSPS) is 19.8. The topological polar surface area (TPSA) is 53.1 Å². The average molecular weight is 554 g/mol. The lowest BCUT2D eigenvalue weighted by Crippen LogP contribution is -2.52. The Morgan fingerprint density at radius 3 is 2.37 bits per heavy atom. The van der Waals surface area contributed by atoms with Gasteiger partial charge in [0.15, 0.2) is 6.61 Å². The second kappa shape index (κ2) is 13.3. The molecular weight excluding hydrogens is 510 g/mol. The van der Waals surface area contributed by atoms with E-state index in [9.17, 15) is 9.59 Å². The number of piperidine rings is 1. The maximum Gasteiger partial charge on any atom is 0.260 e. The van der Waals surface area contributed by atoms with E-state index in [-0.39, 0.29) is 30.4 Å². The third kappa shape index (κ3) is 6.99. The maximum atomic E-state index is 13.9. The Balaban J connectivity index is 1.50. The van der Waals surface area contributed by atoms with Gasteiger partial charge in [-0.15, -0.1) is 0 Å². The van der Waals surface area contributed by atoms with E-state index >= 15 is 0 Å². The van der Waals surface area contributed by atoms with Crippen molar-refractivity contribution in [1.29, 1.82) is 0 Å². The summed E-state index contributed by atoms with van der Waals surface area (Å²) in [5.41, 5.74) is 4.19. The Morgan fingerprint density at radius 1 is 0.878 bits per heavy atom. The Bertz CT molecular complexity index is 1330. The molecule has 2 amide bonds. The minimum absolute atomic E-state index is 0.0174. The van der Waals surface area contributed by atoms with Crippen molar-refractivity contribution < 1.29 is 14.3 Å². The van der Waals surface area contributed by atoms with Crippen molar-refractivity contribution in [2.45, 2.75) is 71.6 Å². The van der Waals surface area contributed by atoms with Crippen molar-refractivity contribution >= 4 is 17.5 Å². The minimum Gasteiger partial charge on any atom is -0.484 e. The fourth-order valence-electron chi connectivity index (χ4n) is 6.29. The molecule has 2 atom stereocenters. The van der Waals surface area contributed by atoms with Crippen LogP contribution in [0.4, 0.5) is 5.69 Å². The van der Waals surface area contributed by atoms with E-state index in [1.807, 2.05) is 73.0 Å². The smallest absolute Gasteiger partial charge is 0.260 e. The molecule has 2 heterocycles. The number of amides is 2. The van der Waals surface area contributed by atoms with Gasteiger partial charge in [0.1, 0.15) is 5.75 Å². The number of hydrogen-bond acceptors (Lipinski definition) is 4. The Kier molecular flexibility index (Phi) is 9.40. The number of rotatable bonds is 6. The summed E-state index contributed by atoms with van der Waals surface area (Å²) >= 11 is 0. The van der Waals surface area contributed by atoms with Gasteiger partial charge >= 0.3 is 0 Å². The summed E-state index contributed by atoms with van der Waals surface area (Å²) in [6.07, 6.45) is 4.16. The number of benzene rings is 3. The number of nitrogens with zero attached hydrogens (tertiary/aromatic N) is 3. The Morgan fingerprint density at radius 2 is 1.59 bits per heavy atom. The van der Waals surface area contributed by atoms with Crippen molar-refractivity contribution in [3.63, 3.8) is 0 Å². The second-order valence-corrected chi connectivity index (χ2v) is 11.8. The van der Waals surface area contributed by atoms with Gasteiger partial charge in [-0.3, -0.25) is 14.5 Å². The maximum absolute atomic E-state index is 13.9. The lowest BCUT2D eigenvalue weighted by Gasteiger charge is -2.44. The molecule has 6 nitrogen and oxygen atoms in total. The summed E-state index contributed by atoms with van der Waals surface area (Å²) in [7, 11) is 0. The number of anilines is 1. The summed E-state index contributed by atoms with van der Waals surface area (Å²) in [4.78, 5) is 34.0. The van der Waals surface area contributed by atoms with Crippen LogP contribution in [0.15, 0.2) is 78.9 Å². The molecule has 0 radical (unpaired) electrons. The van der Waals surface area contributed by atoms with Crippen molar-refractivity contribution in [3.8, 4) is 5.75 Å². The average Bonchev–Trinajstić information content (AvgIpc) is 2.99. The number of para-hydroxylation sites is 2. The highest BCUT2D eigenvalue weighted by Crippen LogP contribution is 2.32. The first-order chi connectivity index (χ1) is 19.9. The van der Waals surface area contributed by atoms with Crippen molar-refractivity contribution in [3.05, 3.63) is 95.6 Å². The molecule has 216 valence electrons. The summed E-state index contributed by atoms with van der Waals surface area (Å²) in [5, 5.41) is 0. The molecule has 3 aromatic carbocycles. The Hall–Kier alpha value is -3.64. The Labute approximate surface area is 244 Å². The second-order valence-electron chi connectivity index (χ2n) is 11.8. The molecule has 2 unspecified atom stereocenters. The van der Waals surface area contributed by atoms with Crippen molar-refractivity contribution in [2.24, 2.45) is 5.92 Å².